The first-order valence-electron chi connectivity index (χ1n) is 3.86. The van der Waals surface area contributed by atoms with Gasteiger partial charge in [-0.3, -0.25) is 4.79 Å². The molecule has 70 valence electrons. The van der Waals surface area contributed by atoms with Gasteiger partial charge in [0.25, 0.3) is 0 Å². The second-order valence-electron chi connectivity index (χ2n) is 2.42. The number of rotatable bonds is 3. The first kappa shape index (κ1) is 8.36. The fourth-order valence-electron chi connectivity index (χ4n) is 1.03. The van der Waals surface area contributed by atoms with Crippen molar-refractivity contribution < 1.29 is 9.53 Å². The van der Waals surface area contributed by atoms with E-state index in [0.717, 1.165) is 5.69 Å². The van der Waals surface area contributed by atoms with Crippen LogP contribution >= 0.6 is 0 Å². The molecule has 0 fully saturated rings. The second kappa shape index (κ2) is 3.65. The zero-order valence-corrected chi connectivity index (χ0v) is 7.07. The zero-order chi connectivity index (χ0) is 9.80. The van der Waals surface area contributed by atoms with Gasteiger partial charge in [-0.1, -0.05) is 23.3 Å². The van der Waals surface area contributed by atoms with Crippen LogP contribution in [0.1, 0.15) is 0 Å². The van der Waals surface area contributed by atoms with Gasteiger partial charge in [0.05, 0.1) is 5.69 Å². The van der Waals surface area contributed by atoms with Crippen LogP contribution in [-0.4, -0.2) is 26.7 Å². The molecule has 0 bridgehead atoms. The van der Waals surface area contributed by atoms with Gasteiger partial charge in [0.1, 0.15) is 0 Å². The molecule has 0 N–H and O–H groups in total. The monoisotopic (exact) mass is 190 g/mol. The van der Waals surface area contributed by atoms with Gasteiger partial charge in [-0.25, -0.2) is 0 Å². The molecule has 2 aromatic rings. The number of nitrogens with zero attached hydrogens (tertiary/aromatic N) is 4. The van der Waals surface area contributed by atoms with Gasteiger partial charge in [-0.05, 0) is 22.6 Å². The van der Waals surface area contributed by atoms with Crippen LogP contribution < -0.4 is 4.74 Å². The lowest BCUT2D eigenvalue weighted by atomic mass is 10.3. The Bertz CT molecular complexity index is 426. The fraction of sp³-hybridized carbons (Fsp3) is 0. The lowest BCUT2D eigenvalue weighted by Crippen LogP contribution is -2.01. The third-order valence-corrected chi connectivity index (χ3v) is 1.60. The molecule has 2 rings (SSSR count). The average Bonchev–Trinajstić information content (AvgIpc) is 2.68. The highest BCUT2D eigenvalue weighted by Crippen LogP contribution is 2.11. The standard InChI is InChI=1S/C8H6N4O2/c13-6-14-8-9-10-11-12(8)7-4-2-1-3-5-7/h1-6H. The molecule has 0 aliphatic heterocycles. The van der Waals surface area contributed by atoms with E-state index in [-0.39, 0.29) is 12.5 Å². The summed E-state index contributed by atoms with van der Waals surface area (Å²) >= 11 is 0. The highest BCUT2D eigenvalue weighted by molar-refractivity contribution is 5.42. The van der Waals surface area contributed by atoms with E-state index in [2.05, 4.69) is 20.3 Å². The molecule has 1 heterocycles. The summed E-state index contributed by atoms with van der Waals surface area (Å²) in [6.45, 7) is 0.283. The summed E-state index contributed by atoms with van der Waals surface area (Å²) < 4.78 is 5.91. The first-order chi connectivity index (χ1) is 6.92. The fourth-order valence-corrected chi connectivity index (χ4v) is 1.03. The topological polar surface area (TPSA) is 69.9 Å². The van der Waals surface area contributed by atoms with Crippen molar-refractivity contribution in [2.24, 2.45) is 0 Å². The molecule has 0 unspecified atom stereocenters. The molecule has 1 aromatic heterocycles. The molecule has 0 saturated heterocycles. The Morgan fingerprint density at radius 2 is 2.07 bits per heavy atom. The van der Waals surface area contributed by atoms with E-state index in [1.54, 1.807) is 12.1 Å². The van der Waals surface area contributed by atoms with Gasteiger partial charge < -0.3 is 4.74 Å². The number of aromatic nitrogens is 4. The SMILES string of the molecule is O=COc1nnnn1-c1ccccc1. The van der Waals surface area contributed by atoms with Crippen molar-refractivity contribution in [1.82, 2.24) is 20.2 Å². The maximum absolute atomic E-state index is 10.1. The number of tetrazole rings is 1. The average molecular weight is 190 g/mol. The molecule has 14 heavy (non-hydrogen) atoms. The summed E-state index contributed by atoms with van der Waals surface area (Å²) in [7, 11) is 0. The van der Waals surface area contributed by atoms with Crippen LogP contribution in [0.5, 0.6) is 6.01 Å². The lowest BCUT2D eigenvalue weighted by molar-refractivity contribution is -0.121. The molecule has 0 aliphatic rings. The zero-order valence-electron chi connectivity index (χ0n) is 7.07. The van der Waals surface area contributed by atoms with Crippen molar-refractivity contribution in [1.29, 1.82) is 0 Å². The maximum atomic E-state index is 10.1. The maximum Gasteiger partial charge on any atom is 0.348 e. The Morgan fingerprint density at radius 3 is 2.79 bits per heavy atom. The van der Waals surface area contributed by atoms with E-state index in [1.807, 2.05) is 18.2 Å². The van der Waals surface area contributed by atoms with Crippen LogP contribution in [0.4, 0.5) is 0 Å². The summed E-state index contributed by atoms with van der Waals surface area (Å²) in [6.07, 6.45) is 0. The molecule has 1 aromatic carbocycles. The van der Waals surface area contributed by atoms with E-state index in [4.69, 9.17) is 0 Å². The number of carbonyl (C=O) groups excluding carboxylic acids is 1. The number of hydrogen-bond donors (Lipinski definition) is 0. The van der Waals surface area contributed by atoms with Crippen molar-refractivity contribution in [3.05, 3.63) is 30.3 Å². The van der Waals surface area contributed by atoms with Gasteiger partial charge in [-0.15, -0.1) is 0 Å². The minimum Gasteiger partial charge on any atom is -0.392 e. The Morgan fingerprint density at radius 1 is 1.29 bits per heavy atom. The Balaban J connectivity index is 2.41. The molecule has 0 saturated carbocycles. The summed E-state index contributed by atoms with van der Waals surface area (Å²) in [5, 5.41) is 10.6. The first-order valence-corrected chi connectivity index (χ1v) is 3.86. The van der Waals surface area contributed by atoms with Crippen LogP contribution in [0.3, 0.4) is 0 Å². The molecule has 0 atom stereocenters. The molecule has 0 spiro atoms. The number of hydrogen-bond acceptors (Lipinski definition) is 5. The van der Waals surface area contributed by atoms with Crippen LogP contribution in [0.25, 0.3) is 5.69 Å². The number of carbonyl (C=O) groups is 1. The predicted molar refractivity (Wildman–Crippen MR) is 45.8 cm³/mol. The van der Waals surface area contributed by atoms with Crippen molar-refractivity contribution in [3.8, 4) is 11.7 Å². The van der Waals surface area contributed by atoms with Crippen LogP contribution in [0, 0.1) is 0 Å². The van der Waals surface area contributed by atoms with E-state index >= 15 is 0 Å². The quantitative estimate of drug-likeness (QED) is 0.646. The van der Waals surface area contributed by atoms with Crippen molar-refractivity contribution >= 4 is 6.47 Å². The second-order valence-corrected chi connectivity index (χ2v) is 2.42. The Labute approximate surface area is 79.1 Å². The number of para-hydroxylation sites is 1. The molecule has 6 nitrogen and oxygen atoms in total. The van der Waals surface area contributed by atoms with E-state index in [9.17, 15) is 4.79 Å². The third kappa shape index (κ3) is 1.45. The van der Waals surface area contributed by atoms with Crippen molar-refractivity contribution in [3.63, 3.8) is 0 Å². The van der Waals surface area contributed by atoms with Crippen molar-refractivity contribution in [2.45, 2.75) is 0 Å². The van der Waals surface area contributed by atoms with E-state index in [0.29, 0.717) is 0 Å². The summed E-state index contributed by atoms with van der Waals surface area (Å²) in [6, 6.07) is 9.19. The van der Waals surface area contributed by atoms with E-state index < -0.39 is 0 Å². The molecule has 0 aliphatic carbocycles. The van der Waals surface area contributed by atoms with Crippen LogP contribution in [0.2, 0.25) is 0 Å². The smallest absolute Gasteiger partial charge is 0.348 e. The van der Waals surface area contributed by atoms with Gasteiger partial charge >= 0.3 is 12.5 Å². The van der Waals surface area contributed by atoms with Gasteiger partial charge in [0.15, 0.2) is 0 Å². The predicted octanol–water partition coefficient (Wildman–Crippen LogP) is 0.197. The third-order valence-electron chi connectivity index (χ3n) is 1.60. The lowest BCUT2D eigenvalue weighted by Gasteiger charge is -2.00. The minimum atomic E-state index is 0.0474. The van der Waals surface area contributed by atoms with Crippen molar-refractivity contribution in [2.75, 3.05) is 0 Å². The van der Waals surface area contributed by atoms with Gasteiger partial charge in [0.2, 0.25) is 0 Å². The highest BCUT2D eigenvalue weighted by atomic mass is 16.5. The number of benzene rings is 1. The highest BCUT2D eigenvalue weighted by Gasteiger charge is 2.07. The molecule has 6 heteroatoms. The minimum absolute atomic E-state index is 0.0474. The summed E-state index contributed by atoms with van der Waals surface area (Å²) in [5.74, 6) is 0. The Kier molecular flexibility index (Phi) is 2.18. The van der Waals surface area contributed by atoms with E-state index in [1.165, 1.54) is 4.68 Å². The molecular weight excluding hydrogens is 184 g/mol. The normalized spacial score (nSPS) is 9.71. The van der Waals surface area contributed by atoms with Crippen LogP contribution in [0.15, 0.2) is 30.3 Å². The molecular formula is C8H6N4O2. The summed E-state index contributed by atoms with van der Waals surface area (Å²) in [4.78, 5) is 10.1. The van der Waals surface area contributed by atoms with Gasteiger partial charge in [0, 0.05) is 0 Å². The Hall–Kier alpha value is -2.24. The van der Waals surface area contributed by atoms with Crippen LogP contribution in [-0.2, 0) is 4.79 Å². The largest absolute Gasteiger partial charge is 0.392 e. The number of ether oxygens (including phenoxy) is 1. The molecule has 0 radical (unpaired) electrons. The summed E-state index contributed by atoms with van der Waals surface area (Å²) in [5.41, 5.74) is 0.731. The van der Waals surface area contributed by atoms with Gasteiger partial charge in [-0.2, -0.15) is 4.68 Å². The molecule has 0 amide bonds.